The summed E-state index contributed by atoms with van der Waals surface area (Å²) in [6.07, 6.45) is 5.46. The van der Waals surface area contributed by atoms with Crippen LogP contribution < -0.4 is 20.1 Å². The quantitative estimate of drug-likeness (QED) is 0.484. The molecule has 2 aromatic rings. The predicted octanol–water partition coefficient (Wildman–Crippen LogP) is 3.99. The summed E-state index contributed by atoms with van der Waals surface area (Å²) < 4.78 is 11.1. The summed E-state index contributed by atoms with van der Waals surface area (Å²) >= 11 is 0. The number of methoxy groups -OCH3 is 1. The number of amides is 2. The summed E-state index contributed by atoms with van der Waals surface area (Å²) in [5.41, 5.74) is 2.21. The molecule has 1 aliphatic rings. The molecular weight excluding hydrogens is 406 g/mol. The van der Waals surface area contributed by atoms with E-state index in [9.17, 15) is 14.9 Å². The fourth-order valence-corrected chi connectivity index (χ4v) is 3.57. The lowest BCUT2D eigenvalue weighted by Gasteiger charge is -2.14. The first-order chi connectivity index (χ1) is 15.5. The summed E-state index contributed by atoms with van der Waals surface area (Å²) in [5, 5.41) is 15.2. The molecule has 0 aromatic heterocycles. The third-order valence-corrected chi connectivity index (χ3v) is 5.27. The molecule has 2 aromatic carbocycles. The van der Waals surface area contributed by atoms with E-state index in [0.29, 0.717) is 17.0 Å². The van der Waals surface area contributed by atoms with Gasteiger partial charge in [0.15, 0.2) is 18.1 Å². The lowest BCUT2D eigenvalue weighted by Crippen LogP contribution is -2.33. The van der Waals surface area contributed by atoms with Gasteiger partial charge in [-0.2, -0.15) is 5.26 Å². The van der Waals surface area contributed by atoms with E-state index in [-0.39, 0.29) is 29.9 Å². The minimum atomic E-state index is -0.412. The third kappa shape index (κ3) is 6.11. The van der Waals surface area contributed by atoms with Gasteiger partial charge in [0.05, 0.1) is 7.11 Å². The highest BCUT2D eigenvalue weighted by Crippen LogP contribution is 2.32. The number of nitrogens with one attached hydrogen (secondary N) is 2. The summed E-state index contributed by atoms with van der Waals surface area (Å²) in [6, 6.07) is 14.6. The van der Waals surface area contributed by atoms with Gasteiger partial charge in [0.2, 0.25) is 0 Å². The van der Waals surface area contributed by atoms with Crippen LogP contribution in [-0.2, 0) is 9.59 Å². The van der Waals surface area contributed by atoms with Crippen molar-refractivity contribution in [3.63, 3.8) is 0 Å². The maximum absolute atomic E-state index is 12.6. The fraction of sp³-hybridized carbons (Fsp3) is 0.320. The average Bonchev–Trinajstić information content (AvgIpc) is 3.30. The van der Waals surface area contributed by atoms with E-state index in [0.717, 1.165) is 31.2 Å². The topological polar surface area (TPSA) is 100 Å². The van der Waals surface area contributed by atoms with Gasteiger partial charge in [-0.3, -0.25) is 9.59 Å². The van der Waals surface area contributed by atoms with Crippen LogP contribution in [0.4, 0.5) is 5.69 Å². The molecule has 0 saturated heterocycles. The minimum absolute atomic E-state index is 0.0286. The Morgan fingerprint density at radius 2 is 1.88 bits per heavy atom. The number of nitriles is 1. The second-order valence-corrected chi connectivity index (χ2v) is 7.71. The van der Waals surface area contributed by atoms with Crippen LogP contribution >= 0.6 is 0 Å². The molecule has 1 fully saturated rings. The SMILES string of the molecule is COc1cccc(/C=C(/C#N)C(=O)NC2CCCC2)c1OCC(=O)Nc1ccc(C)cc1. The minimum Gasteiger partial charge on any atom is -0.493 e. The Kier molecular flexibility index (Phi) is 7.87. The molecule has 2 amide bonds. The summed E-state index contributed by atoms with van der Waals surface area (Å²) in [7, 11) is 1.49. The third-order valence-electron chi connectivity index (χ3n) is 5.27. The number of ether oxygens (including phenoxy) is 2. The molecule has 0 unspecified atom stereocenters. The number of carbonyl (C=O) groups is 2. The summed E-state index contributed by atoms with van der Waals surface area (Å²) in [5.74, 6) is -0.0645. The molecule has 0 atom stereocenters. The Bertz CT molecular complexity index is 1030. The first-order valence-electron chi connectivity index (χ1n) is 10.6. The number of hydrogen-bond acceptors (Lipinski definition) is 5. The smallest absolute Gasteiger partial charge is 0.262 e. The number of rotatable bonds is 8. The van der Waals surface area contributed by atoms with Crippen LogP contribution in [0, 0.1) is 18.3 Å². The maximum atomic E-state index is 12.6. The molecule has 166 valence electrons. The summed E-state index contributed by atoms with van der Waals surface area (Å²) in [6.45, 7) is 1.71. The molecule has 32 heavy (non-hydrogen) atoms. The largest absolute Gasteiger partial charge is 0.493 e. The van der Waals surface area contributed by atoms with Crippen molar-refractivity contribution >= 4 is 23.6 Å². The molecule has 7 heteroatoms. The van der Waals surface area contributed by atoms with Crippen LogP contribution in [0.3, 0.4) is 0 Å². The van der Waals surface area contributed by atoms with E-state index in [1.165, 1.54) is 13.2 Å². The predicted molar refractivity (Wildman–Crippen MR) is 122 cm³/mol. The van der Waals surface area contributed by atoms with E-state index in [2.05, 4.69) is 10.6 Å². The first kappa shape index (κ1) is 22.9. The van der Waals surface area contributed by atoms with Gasteiger partial charge in [-0.1, -0.05) is 42.7 Å². The molecule has 0 aliphatic heterocycles. The van der Waals surface area contributed by atoms with E-state index >= 15 is 0 Å². The lowest BCUT2D eigenvalue weighted by molar-refractivity contribution is -0.118. The number of aryl methyl sites for hydroxylation is 1. The van der Waals surface area contributed by atoms with Gasteiger partial charge in [-0.15, -0.1) is 0 Å². The highest BCUT2D eigenvalue weighted by atomic mass is 16.5. The fourth-order valence-electron chi connectivity index (χ4n) is 3.57. The van der Waals surface area contributed by atoms with Crippen LogP contribution in [0.25, 0.3) is 6.08 Å². The normalized spacial score (nSPS) is 13.8. The van der Waals surface area contributed by atoms with E-state index in [1.807, 2.05) is 37.3 Å². The van der Waals surface area contributed by atoms with Crippen LogP contribution in [0.2, 0.25) is 0 Å². The van der Waals surface area contributed by atoms with E-state index in [4.69, 9.17) is 9.47 Å². The molecule has 3 rings (SSSR count). The van der Waals surface area contributed by atoms with E-state index in [1.54, 1.807) is 18.2 Å². The molecule has 0 bridgehead atoms. The Labute approximate surface area is 188 Å². The zero-order valence-corrected chi connectivity index (χ0v) is 18.3. The van der Waals surface area contributed by atoms with Crippen molar-refractivity contribution < 1.29 is 19.1 Å². The number of para-hydroxylation sites is 1. The second-order valence-electron chi connectivity index (χ2n) is 7.71. The van der Waals surface area contributed by atoms with Crippen molar-refractivity contribution in [1.29, 1.82) is 5.26 Å². The number of anilines is 1. The molecule has 0 heterocycles. The van der Waals surface area contributed by atoms with Crippen LogP contribution in [0.15, 0.2) is 48.0 Å². The molecule has 7 nitrogen and oxygen atoms in total. The maximum Gasteiger partial charge on any atom is 0.262 e. The zero-order valence-electron chi connectivity index (χ0n) is 18.3. The number of carbonyl (C=O) groups excluding carboxylic acids is 2. The molecular formula is C25H27N3O4. The van der Waals surface area contributed by atoms with Gasteiger partial charge >= 0.3 is 0 Å². The number of nitrogens with zero attached hydrogens (tertiary/aromatic N) is 1. The highest BCUT2D eigenvalue weighted by Gasteiger charge is 2.20. The van der Waals surface area contributed by atoms with Gasteiger partial charge in [0, 0.05) is 17.3 Å². The molecule has 1 saturated carbocycles. The molecule has 0 radical (unpaired) electrons. The summed E-state index contributed by atoms with van der Waals surface area (Å²) in [4.78, 5) is 24.9. The van der Waals surface area contributed by atoms with Crippen molar-refractivity contribution in [1.82, 2.24) is 5.32 Å². The van der Waals surface area contributed by atoms with Gasteiger partial charge in [0.25, 0.3) is 11.8 Å². The Balaban J connectivity index is 1.74. The Hall–Kier alpha value is -3.79. The van der Waals surface area contributed by atoms with Crippen molar-refractivity contribution in [2.45, 2.75) is 38.6 Å². The van der Waals surface area contributed by atoms with Crippen molar-refractivity contribution in [3.8, 4) is 17.6 Å². The standard InChI is InChI=1S/C25H27N3O4/c1-17-10-12-21(13-11-17)27-23(29)16-32-24-18(6-5-9-22(24)31-2)14-19(15-26)25(30)28-20-7-3-4-8-20/h5-6,9-14,20H,3-4,7-8,16H2,1-2H3,(H,27,29)(H,28,30)/b19-14-. The number of hydrogen-bond donors (Lipinski definition) is 2. The number of benzene rings is 2. The van der Waals surface area contributed by atoms with Crippen LogP contribution in [0.1, 0.15) is 36.8 Å². The zero-order chi connectivity index (χ0) is 22.9. The average molecular weight is 434 g/mol. The van der Waals surface area contributed by atoms with Gasteiger partial charge in [-0.05, 0) is 44.0 Å². The van der Waals surface area contributed by atoms with E-state index < -0.39 is 5.91 Å². The van der Waals surface area contributed by atoms with Crippen molar-refractivity contribution in [3.05, 3.63) is 59.2 Å². The van der Waals surface area contributed by atoms with Gasteiger partial charge in [0.1, 0.15) is 11.6 Å². The highest BCUT2D eigenvalue weighted by molar-refractivity contribution is 6.02. The van der Waals surface area contributed by atoms with Crippen LogP contribution in [-0.4, -0.2) is 31.6 Å². The first-order valence-corrected chi connectivity index (χ1v) is 10.6. The monoisotopic (exact) mass is 433 g/mol. The second kappa shape index (κ2) is 11.0. The lowest BCUT2D eigenvalue weighted by atomic mass is 10.1. The van der Waals surface area contributed by atoms with Gasteiger partial charge < -0.3 is 20.1 Å². The van der Waals surface area contributed by atoms with Crippen LogP contribution in [0.5, 0.6) is 11.5 Å². The molecule has 1 aliphatic carbocycles. The van der Waals surface area contributed by atoms with Crippen molar-refractivity contribution in [2.24, 2.45) is 0 Å². The van der Waals surface area contributed by atoms with Gasteiger partial charge in [-0.25, -0.2) is 0 Å². The molecule has 2 N–H and O–H groups in total. The van der Waals surface area contributed by atoms with Crippen molar-refractivity contribution in [2.75, 3.05) is 19.0 Å². The molecule has 0 spiro atoms. The Morgan fingerprint density at radius 1 is 1.16 bits per heavy atom. The Morgan fingerprint density at radius 3 is 2.53 bits per heavy atom.